The summed E-state index contributed by atoms with van der Waals surface area (Å²) >= 11 is 0. The van der Waals surface area contributed by atoms with Gasteiger partial charge in [0.15, 0.2) is 5.69 Å². The highest BCUT2D eigenvalue weighted by Crippen LogP contribution is 2.38. The lowest BCUT2D eigenvalue weighted by atomic mass is 9.71. The molecule has 2 aromatic heterocycles. The molecule has 0 N–H and O–H groups in total. The Morgan fingerprint density at radius 3 is 2.69 bits per heavy atom. The number of aryl methyl sites for hydroxylation is 1. The second-order valence-electron chi connectivity index (χ2n) is 8.77. The normalized spacial score (nSPS) is 16.5. The first-order valence-corrected chi connectivity index (χ1v) is 9.93. The minimum Gasteiger partial charge on any atom is -0.419 e. The molecule has 0 saturated heterocycles. The Kier molecular flexibility index (Phi) is 4.98. The molecule has 0 unspecified atom stereocenters. The fourth-order valence-corrected chi connectivity index (χ4v) is 3.78. The van der Waals surface area contributed by atoms with Crippen molar-refractivity contribution in [3.8, 4) is 11.5 Å². The van der Waals surface area contributed by atoms with Gasteiger partial charge in [-0.3, -0.25) is 4.79 Å². The maximum atomic E-state index is 13.0. The fourth-order valence-electron chi connectivity index (χ4n) is 3.78. The van der Waals surface area contributed by atoms with Crippen molar-refractivity contribution < 1.29 is 13.7 Å². The van der Waals surface area contributed by atoms with Gasteiger partial charge in [-0.2, -0.15) is 0 Å². The Balaban J connectivity index is 1.49. The second kappa shape index (κ2) is 7.46. The highest BCUT2D eigenvalue weighted by Gasteiger charge is 2.35. The molecule has 29 heavy (non-hydrogen) atoms. The number of rotatable bonds is 4. The molecule has 0 bridgehead atoms. The molecular weight excluding hydrogens is 368 g/mol. The van der Waals surface area contributed by atoms with Gasteiger partial charge in [-0.25, -0.2) is 0 Å². The second-order valence-corrected chi connectivity index (χ2v) is 8.77. The number of fused-ring (bicyclic) bond motifs is 1. The molecule has 0 radical (unpaired) electrons. The largest absolute Gasteiger partial charge is 0.419 e. The standard InChI is InChI=1S/C22H26N4O3/c1-22(2,3)15-10-11-17-16(12-15)19(25-29-17)21(27)26(4)13-18-23-24-20(28-18)14-8-6-5-7-9-14/h5-9,15H,10-13H2,1-4H3/t15-/m0/s1. The lowest BCUT2D eigenvalue weighted by molar-refractivity contribution is 0.0761. The quantitative estimate of drug-likeness (QED) is 0.661. The molecule has 7 heteroatoms. The smallest absolute Gasteiger partial charge is 0.276 e. The molecular formula is C22H26N4O3. The molecule has 1 aliphatic rings. The predicted octanol–water partition coefficient (Wildman–Crippen LogP) is 4.15. The van der Waals surface area contributed by atoms with E-state index in [4.69, 9.17) is 8.94 Å². The van der Waals surface area contributed by atoms with Gasteiger partial charge in [0.05, 0.1) is 6.54 Å². The number of hydrogen-bond donors (Lipinski definition) is 0. The Morgan fingerprint density at radius 1 is 1.21 bits per heavy atom. The van der Waals surface area contributed by atoms with Crippen molar-refractivity contribution in [2.24, 2.45) is 11.3 Å². The van der Waals surface area contributed by atoms with Gasteiger partial charge in [-0.15, -0.1) is 10.2 Å². The molecule has 4 rings (SSSR count). The molecule has 1 amide bonds. The zero-order valence-corrected chi connectivity index (χ0v) is 17.3. The SMILES string of the molecule is CN(Cc1nnc(-c2ccccc2)o1)C(=O)c1noc2c1C[C@@H](C(C)(C)C)CC2. The Bertz CT molecular complexity index is 1000. The van der Waals surface area contributed by atoms with Crippen LogP contribution in [0.2, 0.25) is 0 Å². The predicted molar refractivity (Wildman–Crippen MR) is 107 cm³/mol. The van der Waals surface area contributed by atoms with Gasteiger partial charge < -0.3 is 13.8 Å². The lowest BCUT2D eigenvalue weighted by Gasteiger charge is -2.33. The third-order valence-electron chi connectivity index (χ3n) is 5.67. The number of amides is 1. The van der Waals surface area contributed by atoms with Crippen LogP contribution >= 0.6 is 0 Å². The van der Waals surface area contributed by atoms with Crippen LogP contribution in [-0.2, 0) is 19.4 Å². The number of hydrogen-bond acceptors (Lipinski definition) is 6. The first-order valence-electron chi connectivity index (χ1n) is 9.93. The molecule has 0 saturated carbocycles. The van der Waals surface area contributed by atoms with Gasteiger partial charge >= 0.3 is 0 Å². The molecule has 1 atom stereocenters. The molecule has 2 heterocycles. The lowest BCUT2D eigenvalue weighted by Crippen LogP contribution is -2.30. The highest BCUT2D eigenvalue weighted by molar-refractivity contribution is 5.93. The van der Waals surface area contributed by atoms with Crippen LogP contribution < -0.4 is 0 Å². The summed E-state index contributed by atoms with van der Waals surface area (Å²) in [6, 6.07) is 9.55. The summed E-state index contributed by atoms with van der Waals surface area (Å²) in [4.78, 5) is 14.6. The Hall–Kier alpha value is -2.96. The van der Waals surface area contributed by atoms with Gasteiger partial charge in [0.2, 0.25) is 11.8 Å². The summed E-state index contributed by atoms with van der Waals surface area (Å²) in [7, 11) is 1.71. The maximum Gasteiger partial charge on any atom is 0.276 e. The summed E-state index contributed by atoms with van der Waals surface area (Å²) in [5, 5.41) is 12.3. The van der Waals surface area contributed by atoms with Crippen molar-refractivity contribution in [1.82, 2.24) is 20.3 Å². The number of carbonyl (C=O) groups excluding carboxylic acids is 1. The van der Waals surface area contributed by atoms with Crippen molar-refractivity contribution >= 4 is 5.91 Å². The van der Waals surface area contributed by atoms with E-state index in [0.29, 0.717) is 23.4 Å². The van der Waals surface area contributed by atoms with Gasteiger partial charge in [0.1, 0.15) is 5.76 Å². The van der Waals surface area contributed by atoms with E-state index in [1.807, 2.05) is 30.3 Å². The van der Waals surface area contributed by atoms with Gasteiger partial charge in [-0.1, -0.05) is 44.1 Å². The highest BCUT2D eigenvalue weighted by atomic mass is 16.5. The van der Waals surface area contributed by atoms with E-state index in [-0.39, 0.29) is 17.9 Å². The first kappa shape index (κ1) is 19.4. The topological polar surface area (TPSA) is 85.3 Å². The van der Waals surface area contributed by atoms with E-state index >= 15 is 0 Å². The van der Waals surface area contributed by atoms with Crippen LogP contribution in [0.4, 0.5) is 0 Å². The van der Waals surface area contributed by atoms with Crippen molar-refractivity contribution in [2.75, 3.05) is 7.05 Å². The molecule has 7 nitrogen and oxygen atoms in total. The Labute approximate surface area is 170 Å². The van der Waals surface area contributed by atoms with Crippen LogP contribution in [0, 0.1) is 11.3 Å². The van der Waals surface area contributed by atoms with E-state index in [1.165, 1.54) is 0 Å². The first-order chi connectivity index (χ1) is 13.8. The minimum absolute atomic E-state index is 0.179. The number of carbonyl (C=O) groups is 1. The minimum atomic E-state index is -0.191. The van der Waals surface area contributed by atoms with E-state index in [0.717, 1.165) is 36.1 Å². The average molecular weight is 394 g/mol. The summed E-state index contributed by atoms with van der Waals surface area (Å²) < 4.78 is 11.2. The van der Waals surface area contributed by atoms with Crippen LogP contribution in [0.3, 0.4) is 0 Å². The molecule has 3 aromatic rings. The molecule has 0 spiro atoms. The van der Waals surface area contributed by atoms with Gasteiger partial charge in [-0.05, 0) is 36.3 Å². The van der Waals surface area contributed by atoms with Crippen LogP contribution in [0.25, 0.3) is 11.5 Å². The van der Waals surface area contributed by atoms with E-state index in [2.05, 4.69) is 36.1 Å². The van der Waals surface area contributed by atoms with Crippen molar-refractivity contribution in [1.29, 1.82) is 0 Å². The van der Waals surface area contributed by atoms with Crippen molar-refractivity contribution in [3.63, 3.8) is 0 Å². The van der Waals surface area contributed by atoms with Gasteiger partial charge in [0, 0.05) is 24.6 Å². The summed E-state index contributed by atoms with van der Waals surface area (Å²) in [6.45, 7) is 6.93. The molecule has 152 valence electrons. The number of benzene rings is 1. The summed E-state index contributed by atoms with van der Waals surface area (Å²) in [6.07, 6.45) is 2.70. The zero-order chi connectivity index (χ0) is 20.6. The van der Waals surface area contributed by atoms with Crippen LogP contribution in [0.5, 0.6) is 0 Å². The monoisotopic (exact) mass is 394 g/mol. The van der Waals surface area contributed by atoms with Crippen LogP contribution in [-0.4, -0.2) is 33.2 Å². The van der Waals surface area contributed by atoms with Crippen molar-refractivity contribution in [2.45, 2.75) is 46.6 Å². The summed E-state index contributed by atoms with van der Waals surface area (Å²) in [5.74, 6) is 1.96. The van der Waals surface area contributed by atoms with E-state index in [1.54, 1.807) is 11.9 Å². The van der Waals surface area contributed by atoms with Crippen LogP contribution in [0.15, 0.2) is 39.3 Å². The average Bonchev–Trinajstić information content (AvgIpc) is 3.34. The molecule has 1 aliphatic carbocycles. The fraction of sp³-hybridized carbons (Fsp3) is 0.455. The van der Waals surface area contributed by atoms with E-state index < -0.39 is 0 Å². The zero-order valence-electron chi connectivity index (χ0n) is 17.3. The van der Waals surface area contributed by atoms with E-state index in [9.17, 15) is 4.79 Å². The van der Waals surface area contributed by atoms with Crippen LogP contribution in [0.1, 0.15) is 54.9 Å². The van der Waals surface area contributed by atoms with Crippen molar-refractivity contribution in [3.05, 3.63) is 53.2 Å². The molecule has 1 aromatic carbocycles. The Morgan fingerprint density at radius 2 is 1.97 bits per heavy atom. The molecule has 0 aliphatic heterocycles. The van der Waals surface area contributed by atoms with Gasteiger partial charge in [0.25, 0.3) is 5.91 Å². The third kappa shape index (κ3) is 3.95. The maximum absolute atomic E-state index is 13.0. The summed E-state index contributed by atoms with van der Waals surface area (Å²) in [5.41, 5.74) is 2.38. The third-order valence-corrected chi connectivity index (χ3v) is 5.67. The molecule has 0 fully saturated rings. The number of nitrogens with zero attached hydrogens (tertiary/aromatic N) is 4. The number of aromatic nitrogens is 3.